The zero-order valence-corrected chi connectivity index (χ0v) is 20.1. The van der Waals surface area contributed by atoms with Gasteiger partial charge >= 0.3 is 17.6 Å². The largest absolute Gasteiger partial charge is 0.493 e. The highest BCUT2D eigenvalue weighted by molar-refractivity contribution is 6.19. The van der Waals surface area contributed by atoms with E-state index in [1.807, 2.05) is 0 Å². The zero-order chi connectivity index (χ0) is 28.0. The minimum absolute atomic E-state index is 0.0132. The number of nitrogens with two attached hydrogens (primary N) is 2. The molecule has 0 fully saturated rings. The number of aliphatic carboxylic acids is 2. The van der Waals surface area contributed by atoms with Crippen LogP contribution in [0.25, 0.3) is 5.69 Å². The van der Waals surface area contributed by atoms with Gasteiger partial charge in [0.05, 0.1) is 23.8 Å². The number of imidazole rings is 1. The van der Waals surface area contributed by atoms with Crippen LogP contribution in [0.15, 0.2) is 59.4 Å². The molecule has 0 spiro atoms. The Morgan fingerprint density at radius 3 is 2.32 bits per heavy atom. The van der Waals surface area contributed by atoms with Gasteiger partial charge in [-0.25, -0.2) is 14.2 Å². The number of aryl methyl sites for hydroxylation is 1. The maximum Gasteiger partial charge on any atom is 0.335 e. The van der Waals surface area contributed by atoms with E-state index in [2.05, 4.69) is 4.98 Å². The number of ketones is 1. The molecule has 3 aromatic rings. The maximum atomic E-state index is 13.5. The lowest BCUT2D eigenvalue weighted by atomic mass is 10.00. The van der Waals surface area contributed by atoms with Crippen LogP contribution in [-0.4, -0.2) is 67.1 Å². The SMILES string of the molecule is NCCCc1[nH]c(=O)n(-c2cccc(C(=O)[C@@H](C(=O)O)N(C(=O)[C@@H](N)CC(=O)O)c3ccccc3)c2)c1O. The van der Waals surface area contributed by atoms with E-state index in [1.165, 1.54) is 48.5 Å². The number of H-pyrrole nitrogens is 1. The van der Waals surface area contributed by atoms with Crippen LogP contribution in [0.2, 0.25) is 0 Å². The Bertz CT molecular complexity index is 1400. The average Bonchev–Trinajstić information content (AvgIpc) is 3.17. The summed E-state index contributed by atoms with van der Waals surface area (Å²) in [5.74, 6) is -5.58. The number of rotatable bonds is 12. The number of amides is 1. The first-order chi connectivity index (χ1) is 18.1. The fourth-order valence-electron chi connectivity index (χ4n) is 3.91. The molecule has 0 saturated heterocycles. The van der Waals surface area contributed by atoms with Crippen LogP contribution in [0.3, 0.4) is 0 Å². The predicted octanol–water partition coefficient (Wildman–Crippen LogP) is 0.234. The molecule has 13 heteroatoms. The Morgan fingerprint density at radius 2 is 1.71 bits per heavy atom. The Labute approximate surface area is 215 Å². The van der Waals surface area contributed by atoms with E-state index in [-0.39, 0.29) is 28.5 Å². The van der Waals surface area contributed by atoms with Gasteiger partial charge in [-0.3, -0.25) is 19.3 Å². The minimum Gasteiger partial charge on any atom is -0.493 e. The third kappa shape index (κ3) is 5.96. The number of anilines is 1. The fraction of sp³-hybridized carbons (Fsp3) is 0.240. The summed E-state index contributed by atoms with van der Waals surface area (Å²) in [6.45, 7) is 0.333. The standard InChI is InChI=1S/C25H27N5O8/c26-11-5-10-18-23(35)30(25(38)28-18)16-9-4-6-14(12-16)21(33)20(24(36)37)29(15-7-2-1-3-8-15)22(34)17(27)13-19(31)32/h1-4,6-9,12,17,20,35H,5,10-11,13,26-27H2,(H,28,38)(H,31,32)(H,36,37)/t17-,20-/m0/s1. The Morgan fingerprint density at radius 1 is 1.03 bits per heavy atom. The van der Waals surface area contributed by atoms with E-state index in [4.69, 9.17) is 16.6 Å². The van der Waals surface area contributed by atoms with Gasteiger partial charge in [-0.1, -0.05) is 30.3 Å². The van der Waals surface area contributed by atoms with Crippen LogP contribution in [0.4, 0.5) is 5.69 Å². The second-order valence-corrected chi connectivity index (χ2v) is 8.36. The van der Waals surface area contributed by atoms with Crippen molar-refractivity contribution < 1.29 is 34.5 Å². The molecule has 2 aromatic carbocycles. The van der Waals surface area contributed by atoms with Crippen molar-refractivity contribution in [2.45, 2.75) is 31.3 Å². The van der Waals surface area contributed by atoms with E-state index in [0.717, 1.165) is 4.57 Å². The number of aromatic nitrogens is 2. The summed E-state index contributed by atoms with van der Waals surface area (Å²) in [5.41, 5.74) is 10.7. The number of nitrogens with one attached hydrogen (secondary N) is 1. The summed E-state index contributed by atoms with van der Waals surface area (Å²) >= 11 is 0. The van der Waals surface area contributed by atoms with Gasteiger partial charge in [-0.05, 0) is 43.7 Å². The van der Waals surface area contributed by atoms with Crippen LogP contribution < -0.4 is 22.1 Å². The van der Waals surface area contributed by atoms with Gasteiger partial charge in [0, 0.05) is 11.3 Å². The van der Waals surface area contributed by atoms with E-state index in [1.54, 1.807) is 6.07 Å². The topological polar surface area (TPSA) is 222 Å². The first kappa shape index (κ1) is 27.8. The Kier molecular flexibility index (Phi) is 8.78. The number of hydrogen-bond acceptors (Lipinski definition) is 8. The summed E-state index contributed by atoms with van der Waals surface area (Å²) in [6.07, 6.45) is 0.00901. The molecule has 0 bridgehead atoms. The molecule has 0 radical (unpaired) electrons. The van der Waals surface area contributed by atoms with E-state index >= 15 is 0 Å². The molecule has 13 nitrogen and oxygen atoms in total. The number of para-hydroxylation sites is 1. The number of carbonyl (C=O) groups is 4. The third-order valence-electron chi connectivity index (χ3n) is 5.69. The molecule has 8 N–H and O–H groups in total. The molecular formula is C25H27N5O8. The minimum atomic E-state index is -2.11. The number of carboxylic acid groups (broad SMARTS) is 2. The maximum absolute atomic E-state index is 13.5. The molecule has 200 valence electrons. The van der Waals surface area contributed by atoms with Gasteiger partial charge in [0.1, 0.15) is 0 Å². The Hall–Kier alpha value is -4.75. The molecule has 1 aromatic heterocycles. The zero-order valence-electron chi connectivity index (χ0n) is 20.1. The lowest BCUT2D eigenvalue weighted by Crippen LogP contribution is -2.55. The summed E-state index contributed by atoms with van der Waals surface area (Å²) in [6, 6.07) is 8.93. The van der Waals surface area contributed by atoms with Crippen molar-refractivity contribution in [3.63, 3.8) is 0 Å². The van der Waals surface area contributed by atoms with E-state index in [0.29, 0.717) is 24.3 Å². The second-order valence-electron chi connectivity index (χ2n) is 8.36. The van der Waals surface area contributed by atoms with Crippen molar-refractivity contribution in [2.75, 3.05) is 11.4 Å². The first-order valence-corrected chi connectivity index (χ1v) is 11.5. The van der Waals surface area contributed by atoms with Gasteiger partial charge in [0.2, 0.25) is 11.8 Å². The average molecular weight is 526 g/mol. The highest BCUT2D eigenvalue weighted by Gasteiger charge is 2.40. The van der Waals surface area contributed by atoms with E-state index in [9.17, 15) is 34.2 Å². The lowest BCUT2D eigenvalue weighted by molar-refractivity contribution is -0.140. The molecule has 0 aliphatic carbocycles. The summed E-state index contributed by atoms with van der Waals surface area (Å²) < 4.78 is 0.918. The molecule has 0 unspecified atom stereocenters. The molecule has 0 aliphatic heterocycles. The quantitative estimate of drug-likeness (QED) is 0.139. The number of carbonyl (C=O) groups excluding carboxylic acids is 2. The van der Waals surface area contributed by atoms with Crippen molar-refractivity contribution in [3.05, 3.63) is 76.3 Å². The number of nitrogens with zero attached hydrogens (tertiary/aromatic N) is 2. The Balaban J connectivity index is 2.07. The summed E-state index contributed by atoms with van der Waals surface area (Å²) in [5, 5.41) is 29.6. The molecule has 0 aliphatic rings. The van der Waals surface area contributed by atoms with Gasteiger partial charge in [0.25, 0.3) is 0 Å². The van der Waals surface area contributed by atoms with Crippen molar-refractivity contribution in [3.8, 4) is 11.6 Å². The van der Waals surface area contributed by atoms with Crippen LogP contribution in [-0.2, 0) is 20.8 Å². The number of carboxylic acids is 2. The van der Waals surface area contributed by atoms with Crippen molar-refractivity contribution in [1.82, 2.24) is 9.55 Å². The van der Waals surface area contributed by atoms with Gasteiger partial charge in [-0.2, -0.15) is 0 Å². The second kappa shape index (κ2) is 12.0. The van der Waals surface area contributed by atoms with Gasteiger partial charge in [-0.15, -0.1) is 0 Å². The van der Waals surface area contributed by atoms with Crippen LogP contribution in [0.1, 0.15) is 28.9 Å². The molecule has 2 atom stereocenters. The molecule has 0 saturated carbocycles. The smallest absolute Gasteiger partial charge is 0.335 e. The third-order valence-corrected chi connectivity index (χ3v) is 5.69. The van der Waals surface area contributed by atoms with Crippen molar-refractivity contribution in [2.24, 2.45) is 11.5 Å². The highest BCUT2D eigenvalue weighted by Crippen LogP contribution is 2.24. The normalized spacial score (nSPS) is 12.5. The summed E-state index contributed by atoms with van der Waals surface area (Å²) in [4.78, 5) is 65.9. The molecule has 3 rings (SSSR count). The number of aromatic hydroxyl groups is 1. The summed E-state index contributed by atoms with van der Waals surface area (Å²) in [7, 11) is 0. The van der Waals surface area contributed by atoms with Crippen molar-refractivity contribution >= 4 is 29.3 Å². The molecular weight excluding hydrogens is 498 g/mol. The van der Waals surface area contributed by atoms with Gasteiger partial charge < -0.3 is 31.8 Å². The van der Waals surface area contributed by atoms with Crippen LogP contribution in [0.5, 0.6) is 5.88 Å². The van der Waals surface area contributed by atoms with Gasteiger partial charge in [0.15, 0.2) is 11.8 Å². The van der Waals surface area contributed by atoms with E-state index < -0.39 is 47.8 Å². The lowest BCUT2D eigenvalue weighted by Gasteiger charge is -2.30. The number of hydrogen-bond donors (Lipinski definition) is 6. The number of Topliss-reactive ketones (excluding diaryl/α,β-unsaturated/α-hetero) is 1. The number of aromatic amines is 1. The molecule has 38 heavy (non-hydrogen) atoms. The first-order valence-electron chi connectivity index (χ1n) is 11.5. The van der Waals surface area contributed by atoms with Crippen molar-refractivity contribution in [1.29, 1.82) is 0 Å². The molecule has 1 heterocycles. The van der Waals surface area contributed by atoms with Crippen LogP contribution in [0, 0.1) is 0 Å². The van der Waals surface area contributed by atoms with Crippen LogP contribution >= 0.6 is 0 Å². The monoisotopic (exact) mass is 525 g/mol. The highest BCUT2D eigenvalue weighted by atomic mass is 16.4. The predicted molar refractivity (Wildman–Crippen MR) is 135 cm³/mol. The fourth-order valence-corrected chi connectivity index (χ4v) is 3.91. The molecule has 1 amide bonds. The number of benzene rings is 2.